The summed E-state index contributed by atoms with van der Waals surface area (Å²) < 4.78 is 16.5. The number of nitrogens with zero attached hydrogens (tertiary/aromatic N) is 1. The molecular weight excluding hydrogens is 318 g/mol. The Labute approximate surface area is 145 Å². The van der Waals surface area contributed by atoms with E-state index in [1.807, 2.05) is 54.6 Å². The summed E-state index contributed by atoms with van der Waals surface area (Å²) >= 11 is 0. The predicted octanol–water partition coefficient (Wildman–Crippen LogP) is 3.88. The highest BCUT2D eigenvalue weighted by Gasteiger charge is 2.24. The van der Waals surface area contributed by atoms with Crippen molar-refractivity contribution in [1.82, 2.24) is 4.90 Å². The number of benzene rings is 1. The van der Waals surface area contributed by atoms with E-state index in [1.54, 1.807) is 17.4 Å². The summed E-state index contributed by atoms with van der Waals surface area (Å²) in [5, 5.41) is 0. The van der Waals surface area contributed by atoms with Gasteiger partial charge in [-0.2, -0.15) is 0 Å². The third kappa shape index (κ3) is 3.35. The quantitative estimate of drug-likeness (QED) is 0.710. The number of hydrogen-bond acceptors (Lipinski definition) is 4. The lowest BCUT2D eigenvalue weighted by atomic mass is 10.1. The zero-order valence-corrected chi connectivity index (χ0v) is 13.6. The van der Waals surface area contributed by atoms with E-state index >= 15 is 0 Å². The maximum atomic E-state index is 13.1. The van der Waals surface area contributed by atoms with Crippen molar-refractivity contribution in [2.45, 2.75) is 13.1 Å². The van der Waals surface area contributed by atoms with Gasteiger partial charge in [-0.3, -0.25) is 4.79 Å². The highest BCUT2D eigenvalue weighted by Crippen LogP contribution is 2.27. The molecule has 25 heavy (non-hydrogen) atoms. The first-order valence-electron chi connectivity index (χ1n) is 8.06. The second-order valence-electron chi connectivity index (χ2n) is 5.82. The number of rotatable bonds is 5. The van der Waals surface area contributed by atoms with Gasteiger partial charge >= 0.3 is 0 Å². The van der Waals surface area contributed by atoms with Gasteiger partial charge in [-0.15, -0.1) is 0 Å². The van der Waals surface area contributed by atoms with Gasteiger partial charge in [0.25, 0.3) is 5.91 Å². The summed E-state index contributed by atoms with van der Waals surface area (Å²) in [6, 6.07) is 15.0. The average Bonchev–Trinajstić information content (AvgIpc) is 3.34. The van der Waals surface area contributed by atoms with Crippen LogP contribution in [0.5, 0.6) is 5.75 Å². The van der Waals surface area contributed by atoms with Crippen LogP contribution in [0.25, 0.3) is 6.08 Å². The molecule has 3 heterocycles. The fourth-order valence-corrected chi connectivity index (χ4v) is 2.82. The van der Waals surface area contributed by atoms with Crippen LogP contribution in [0, 0.1) is 0 Å². The van der Waals surface area contributed by atoms with Crippen molar-refractivity contribution in [3.8, 4) is 5.75 Å². The monoisotopic (exact) mass is 335 g/mol. The number of amides is 1. The van der Waals surface area contributed by atoms with Crippen LogP contribution in [0.1, 0.15) is 17.1 Å². The third-order valence-corrected chi connectivity index (χ3v) is 4.05. The maximum absolute atomic E-state index is 13.1. The van der Waals surface area contributed by atoms with Crippen molar-refractivity contribution < 1.29 is 18.4 Å². The Hall–Kier alpha value is -3.21. The molecule has 1 aliphatic heterocycles. The minimum absolute atomic E-state index is 0.0951. The molecule has 0 fully saturated rings. The van der Waals surface area contributed by atoms with Crippen LogP contribution in [-0.2, 0) is 17.9 Å². The molecule has 5 nitrogen and oxygen atoms in total. The van der Waals surface area contributed by atoms with Crippen molar-refractivity contribution in [3.05, 3.63) is 83.7 Å². The van der Waals surface area contributed by atoms with E-state index in [4.69, 9.17) is 13.6 Å². The van der Waals surface area contributed by atoms with Crippen LogP contribution in [-0.4, -0.2) is 17.4 Å². The average molecular weight is 335 g/mol. The zero-order valence-electron chi connectivity index (χ0n) is 13.6. The van der Waals surface area contributed by atoms with Crippen LogP contribution in [0.3, 0.4) is 0 Å². The van der Waals surface area contributed by atoms with Gasteiger partial charge in [0, 0.05) is 5.56 Å². The summed E-state index contributed by atoms with van der Waals surface area (Å²) in [7, 11) is 0. The molecule has 0 spiro atoms. The molecule has 0 atom stereocenters. The number of carbonyl (C=O) groups excluding carboxylic acids is 1. The Kier molecular flexibility index (Phi) is 4.12. The van der Waals surface area contributed by atoms with Crippen molar-refractivity contribution in [1.29, 1.82) is 0 Å². The highest BCUT2D eigenvalue weighted by atomic mass is 16.5. The lowest BCUT2D eigenvalue weighted by Crippen LogP contribution is -2.33. The highest BCUT2D eigenvalue weighted by molar-refractivity contribution is 5.99. The Morgan fingerprint density at radius 2 is 1.60 bits per heavy atom. The number of para-hydroxylation sites is 1. The van der Waals surface area contributed by atoms with Crippen LogP contribution in [0.2, 0.25) is 0 Å². The Bertz CT molecular complexity index is 842. The van der Waals surface area contributed by atoms with Crippen LogP contribution < -0.4 is 4.74 Å². The summed E-state index contributed by atoms with van der Waals surface area (Å²) in [4.78, 5) is 14.8. The Morgan fingerprint density at radius 1 is 0.920 bits per heavy atom. The van der Waals surface area contributed by atoms with Crippen molar-refractivity contribution >= 4 is 12.0 Å². The summed E-state index contributed by atoms with van der Waals surface area (Å²) in [5.74, 6) is 2.14. The van der Waals surface area contributed by atoms with E-state index in [0.29, 0.717) is 18.7 Å². The van der Waals surface area contributed by atoms with Gasteiger partial charge in [0.15, 0.2) is 0 Å². The number of furan rings is 2. The van der Waals surface area contributed by atoms with Crippen LogP contribution >= 0.6 is 0 Å². The standard InChI is InChI=1S/C20H17NO4/c22-20(16-11-15-5-1-2-8-19(15)25-14-16)21(12-17-6-3-9-23-17)13-18-7-4-10-24-18/h1-11H,12-14H2. The lowest BCUT2D eigenvalue weighted by Gasteiger charge is -2.24. The zero-order chi connectivity index (χ0) is 17.1. The fraction of sp³-hybridized carbons (Fsp3) is 0.150. The molecule has 5 heteroatoms. The van der Waals surface area contributed by atoms with Gasteiger partial charge in [0.05, 0.1) is 31.2 Å². The third-order valence-electron chi connectivity index (χ3n) is 4.05. The van der Waals surface area contributed by atoms with E-state index < -0.39 is 0 Å². The first kappa shape index (κ1) is 15.3. The normalized spacial score (nSPS) is 12.9. The van der Waals surface area contributed by atoms with Crippen molar-refractivity contribution in [2.75, 3.05) is 6.61 Å². The largest absolute Gasteiger partial charge is 0.488 e. The molecule has 0 saturated heterocycles. The minimum atomic E-state index is -0.0951. The SMILES string of the molecule is O=C(C1=Cc2ccccc2OC1)N(Cc1ccco1)Cc1ccco1. The lowest BCUT2D eigenvalue weighted by molar-refractivity contribution is -0.129. The summed E-state index contributed by atoms with van der Waals surface area (Å²) in [5.41, 5.74) is 1.52. The topological polar surface area (TPSA) is 55.8 Å². The minimum Gasteiger partial charge on any atom is -0.488 e. The van der Waals surface area contributed by atoms with E-state index in [0.717, 1.165) is 22.8 Å². The van der Waals surface area contributed by atoms with Gasteiger partial charge in [-0.05, 0) is 36.4 Å². The van der Waals surface area contributed by atoms with Crippen LogP contribution in [0.15, 0.2) is 75.5 Å². The van der Waals surface area contributed by atoms with E-state index in [2.05, 4.69) is 0 Å². The number of ether oxygens (including phenoxy) is 1. The summed E-state index contributed by atoms with van der Waals surface area (Å²) in [6.07, 6.45) is 5.09. The molecule has 3 aromatic rings. The molecule has 0 unspecified atom stereocenters. The smallest absolute Gasteiger partial charge is 0.254 e. The fourth-order valence-electron chi connectivity index (χ4n) is 2.82. The molecule has 126 valence electrons. The molecule has 0 bridgehead atoms. The van der Waals surface area contributed by atoms with Crippen LogP contribution in [0.4, 0.5) is 0 Å². The second kappa shape index (κ2) is 6.73. The van der Waals surface area contributed by atoms with E-state index in [1.165, 1.54) is 0 Å². The van der Waals surface area contributed by atoms with Gasteiger partial charge in [-0.1, -0.05) is 18.2 Å². The van der Waals surface area contributed by atoms with Gasteiger partial charge < -0.3 is 18.5 Å². The number of carbonyl (C=O) groups is 1. The van der Waals surface area contributed by atoms with Crippen molar-refractivity contribution in [3.63, 3.8) is 0 Å². The molecule has 4 rings (SSSR count). The molecule has 1 aliphatic rings. The molecule has 0 radical (unpaired) electrons. The predicted molar refractivity (Wildman–Crippen MR) is 91.6 cm³/mol. The first-order valence-corrected chi connectivity index (χ1v) is 8.06. The molecular formula is C20H17NO4. The Morgan fingerprint density at radius 3 is 2.24 bits per heavy atom. The van der Waals surface area contributed by atoms with Gasteiger partial charge in [-0.25, -0.2) is 0 Å². The molecule has 0 N–H and O–H groups in total. The van der Waals surface area contributed by atoms with E-state index in [-0.39, 0.29) is 12.5 Å². The molecule has 2 aromatic heterocycles. The second-order valence-corrected chi connectivity index (χ2v) is 5.82. The molecule has 0 saturated carbocycles. The Balaban J connectivity index is 1.60. The van der Waals surface area contributed by atoms with E-state index in [9.17, 15) is 4.79 Å². The molecule has 0 aliphatic carbocycles. The molecule has 1 aromatic carbocycles. The molecule has 1 amide bonds. The van der Waals surface area contributed by atoms with Gasteiger partial charge in [0.1, 0.15) is 23.9 Å². The van der Waals surface area contributed by atoms with Gasteiger partial charge in [0.2, 0.25) is 0 Å². The number of fused-ring (bicyclic) bond motifs is 1. The van der Waals surface area contributed by atoms with Crippen molar-refractivity contribution in [2.24, 2.45) is 0 Å². The number of hydrogen-bond donors (Lipinski definition) is 0. The first-order chi connectivity index (χ1) is 12.3. The maximum Gasteiger partial charge on any atom is 0.254 e. The summed E-state index contributed by atoms with van der Waals surface area (Å²) in [6.45, 7) is 0.986.